The van der Waals surface area contributed by atoms with Crippen LogP contribution in [0.3, 0.4) is 0 Å². The third-order valence-electron chi connectivity index (χ3n) is 5.31. The maximum Gasteiger partial charge on any atom is 0.127 e. The first-order valence-corrected chi connectivity index (χ1v) is 12.7. The van der Waals surface area contributed by atoms with Crippen molar-refractivity contribution < 1.29 is 9.47 Å². The average molecular weight is 417 g/mol. The Hall–Kier alpha value is -1.48. The Labute approximate surface area is 182 Å². The molecule has 0 N–H and O–H groups in total. The molecule has 2 nitrogen and oxygen atoms in total. The van der Waals surface area contributed by atoms with Gasteiger partial charge in [-0.1, -0.05) is 78.1 Å². The fourth-order valence-corrected chi connectivity index (χ4v) is 4.16. The maximum absolute atomic E-state index is 6.15. The first-order chi connectivity index (χ1) is 14.3. The number of hydrogen-bond donors (Lipinski definition) is 0. The van der Waals surface area contributed by atoms with Gasteiger partial charge in [-0.15, -0.1) is 0 Å². The highest BCUT2D eigenvalue weighted by Gasteiger charge is 2.09. The molecule has 0 aliphatic carbocycles. The first kappa shape index (κ1) is 23.8. The van der Waals surface area contributed by atoms with Gasteiger partial charge in [0, 0.05) is 5.56 Å². The van der Waals surface area contributed by atoms with Crippen molar-refractivity contribution in [2.75, 3.05) is 13.2 Å². The molecular weight excluding hydrogens is 376 g/mol. The van der Waals surface area contributed by atoms with Gasteiger partial charge in [-0.2, -0.15) is 11.3 Å². The molecule has 0 radical (unpaired) electrons. The van der Waals surface area contributed by atoms with Crippen molar-refractivity contribution >= 4 is 11.3 Å². The molecule has 1 heterocycles. The van der Waals surface area contributed by atoms with E-state index in [2.05, 4.69) is 48.9 Å². The molecule has 29 heavy (non-hydrogen) atoms. The van der Waals surface area contributed by atoms with Crippen LogP contribution in [-0.2, 0) is 0 Å². The SMILES string of the molecule is CCCCCCCCOc1ccc(OCCCCCCCC)c(-c2ccsc2)c1. The largest absolute Gasteiger partial charge is 0.494 e. The second-order valence-corrected chi connectivity index (χ2v) is 8.68. The Kier molecular flexibility index (Phi) is 12.6. The molecule has 3 heteroatoms. The predicted molar refractivity (Wildman–Crippen MR) is 127 cm³/mol. The van der Waals surface area contributed by atoms with E-state index in [0.717, 1.165) is 43.1 Å². The van der Waals surface area contributed by atoms with Gasteiger partial charge in [-0.25, -0.2) is 0 Å². The van der Waals surface area contributed by atoms with Crippen LogP contribution in [0.25, 0.3) is 11.1 Å². The molecule has 162 valence electrons. The van der Waals surface area contributed by atoms with E-state index in [4.69, 9.17) is 9.47 Å². The Morgan fingerprint density at radius 2 is 1.31 bits per heavy atom. The minimum atomic E-state index is 0.793. The fourth-order valence-electron chi connectivity index (χ4n) is 3.50. The van der Waals surface area contributed by atoms with E-state index in [1.165, 1.54) is 69.8 Å². The van der Waals surface area contributed by atoms with Gasteiger partial charge in [-0.3, -0.25) is 0 Å². The van der Waals surface area contributed by atoms with Crippen LogP contribution in [0, 0.1) is 0 Å². The van der Waals surface area contributed by atoms with Crippen LogP contribution >= 0.6 is 11.3 Å². The molecule has 0 amide bonds. The van der Waals surface area contributed by atoms with Crippen LogP contribution in [0.15, 0.2) is 35.0 Å². The Morgan fingerprint density at radius 3 is 1.93 bits per heavy atom. The average Bonchev–Trinajstić information content (AvgIpc) is 3.28. The standard InChI is InChI=1S/C26H40O2S/c1-3-5-7-9-11-13-18-27-24-15-16-26(25(21-24)23-17-20-29-22-23)28-19-14-12-10-8-6-4-2/h15-17,20-22H,3-14,18-19H2,1-2H3. The van der Waals surface area contributed by atoms with Gasteiger partial charge in [0.15, 0.2) is 0 Å². The molecule has 0 saturated carbocycles. The summed E-state index contributed by atoms with van der Waals surface area (Å²) in [6.45, 7) is 6.11. The summed E-state index contributed by atoms with van der Waals surface area (Å²) in [6, 6.07) is 8.45. The molecule has 0 saturated heterocycles. The number of unbranched alkanes of at least 4 members (excludes halogenated alkanes) is 10. The monoisotopic (exact) mass is 416 g/mol. The molecule has 0 fully saturated rings. The van der Waals surface area contributed by atoms with E-state index < -0.39 is 0 Å². The molecule has 2 rings (SSSR count). The Balaban J connectivity index is 1.81. The second kappa shape index (κ2) is 15.4. The lowest BCUT2D eigenvalue weighted by molar-refractivity contribution is 0.297. The molecular formula is C26H40O2S. The van der Waals surface area contributed by atoms with E-state index in [1.54, 1.807) is 11.3 Å². The third-order valence-corrected chi connectivity index (χ3v) is 5.99. The predicted octanol–water partition coefficient (Wildman–Crippen LogP) is 8.89. The number of thiophene rings is 1. The van der Waals surface area contributed by atoms with Crippen molar-refractivity contribution in [3.05, 3.63) is 35.0 Å². The summed E-state index contributed by atoms with van der Waals surface area (Å²) in [6.07, 6.45) is 15.4. The van der Waals surface area contributed by atoms with E-state index in [1.807, 2.05) is 0 Å². The lowest BCUT2D eigenvalue weighted by Gasteiger charge is -2.13. The second-order valence-electron chi connectivity index (χ2n) is 7.90. The molecule has 2 aromatic rings. The van der Waals surface area contributed by atoms with Crippen molar-refractivity contribution in [2.24, 2.45) is 0 Å². The molecule has 1 aromatic heterocycles. The van der Waals surface area contributed by atoms with Crippen LogP contribution in [0.4, 0.5) is 0 Å². The quantitative estimate of drug-likeness (QED) is 0.240. The normalized spacial score (nSPS) is 11.0. The van der Waals surface area contributed by atoms with E-state index in [9.17, 15) is 0 Å². The Morgan fingerprint density at radius 1 is 0.690 bits per heavy atom. The van der Waals surface area contributed by atoms with Crippen molar-refractivity contribution in [1.29, 1.82) is 0 Å². The van der Waals surface area contributed by atoms with Gasteiger partial charge in [0.25, 0.3) is 0 Å². The van der Waals surface area contributed by atoms with Crippen molar-refractivity contribution in [1.82, 2.24) is 0 Å². The van der Waals surface area contributed by atoms with Gasteiger partial charge in [-0.05, 0) is 53.4 Å². The zero-order valence-electron chi connectivity index (χ0n) is 18.6. The highest BCUT2D eigenvalue weighted by molar-refractivity contribution is 7.08. The van der Waals surface area contributed by atoms with E-state index in [0.29, 0.717) is 0 Å². The molecule has 0 aliphatic rings. The molecule has 0 atom stereocenters. The molecule has 0 spiro atoms. The number of benzene rings is 1. The van der Waals surface area contributed by atoms with Gasteiger partial charge in [0.2, 0.25) is 0 Å². The van der Waals surface area contributed by atoms with Gasteiger partial charge >= 0.3 is 0 Å². The minimum absolute atomic E-state index is 0.793. The van der Waals surface area contributed by atoms with Gasteiger partial charge in [0.05, 0.1) is 13.2 Å². The van der Waals surface area contributed by atoms with Crippen molar-refractivity contribution in [2.45, 2.75) is 90.9 Å². The third kappa shape index (κ3) is 9.71. The van der Waals surface area contributed by atoms with Crippen LogP contribution in [0.2, 0.25) is 0 Å². The van der Waals surface area contributed by atoms with Gasteiger partial charge < -0.3 is 9.47 Å². The summed E-state index contributed by atoms with van der Waals surface area (Å²) in [7, 11) is 0. The number of hydrogen-bond acceptors (Lipinski definition) is 3. The summed E-state index contributed by atoms with van der Waals surface area (Å²) in [5, 5.41) is 4.31. The zero-order valence-corrected chi connectivity index (χ0v) is 19.4. The summed E-state index contributed by atoms with van der Waals surface area (Å²) in [5.74, 6) is 1.93. The zero-order chi connectivity index (χ0) is 20.6. The van der Waals surface area contributed by atoms with E-state index >= 15 is 0 Å². The Bertz CT molecular complexity index is 636. The van der Waals surface area contributed by atoms with Crippen molar-refractivity contribution in [3.63, 3.8) is 0 Å². The lowest BCUT2D eigenvalue weighted by atomic mass is 10.1. The summed E-state index contributed by atoms with van der Waals surface area (Å²) >= 11 is 1.72. The van der Waals surface area contributed by atoms with Crippen LogP contribution < -0.4 is 9.47 Å². The molecule has 0 aliphatic heterocycles. The van der Waals surface area contributed by atoms with Crippen molar-refractivity contribution in [3.8, 4) is 22.6 Å². The highest BCUT2D eigenvalue weighted by Crippen LogP contribution is 2.35. The first-order valence-electron chi connectivity index (χ1n) is 11.8. The molecule has 0 unspecified atom stereocenters. The molecule has 1 aromatic carbocycles. The van der Waals surface area contributed by atoms with Crippen LogP contribution in [0.1, 0.15) is 90.9 Å². The van der Waals surface area contributed by atoms with Gasteiger partial charge in [0.1, 0.15) is 11.5 Å². The van der Waals surface area contributed by atoms with Crippen LogP contribution in [0.5, 0.6) is 11.5 Å². The lowest BCUT2D eigenvalue weighted by Crippen LogP contribution is -2.01. The van der Waals surface area contributed by atoms with E-state index in [-0.39, 0.29) is 0 Å². The summed E-state index contributed by atoms with van der Waals surface area (Å²) in [5.41, 5.74) is 2.37. The number of ether oxygens (including phenoxy) is 2. The summed E-state index contributed by atoms with van der Waals surface area (Å²) < 4.78 is 12.2. The molecule has 0 bridgehead atoms. The summed E-state index contributed by atoms with van der Waals surface area (Å²) in [4.78, 5) is 0. The highest BCUT2D eigenvalue weighted by atomic mass is 32.1. The van der Waals surface area contributed by atoms with Crippen LogP contribution in [-0.4, -0.2) is 13.2 Å². The smallest absolute Gasteiger partial charge is 0.127 e. The topological polar surface area (TPSA) is 18.5 Å². The minimum Gasteiger partial charge on any atom is -0.494 e. The fraction of sp³-hybridized carbons (Fsp3) is 0.615. The number of rotatable bonds is 17. The maximum atomic E-state index is 6.15.